The number of nitrogens with one attached hydrogen (secondary N) is 1. The summed E-state index contributed by atoms with van der Waals surface area (Å²) in [6, 6.07) is 9.12. The van der Waals surface area contributed by atoms with E-state index < -0.39 is 0 Å². The zero-order chi connectivity index (χ0) is 17.6. The van der Waals surface area contributed by atoms with Gasteiger partial charge in [0.1, 0.15) is 5.03 Å². The Kier molecular flexibility index (Phi) is 5.39. The van der Waals surface area contributed by atoms with Gasteiger partial charge in [-0.25, -0.2) is 4.98 Å². The number of pyridine rings is 2. The number of aryl methyl sites for hydroxylation is 1. The lowest BCUT2D eigenvalue weighted by atomic mass is 10.2. The van der Waals surface area contributed by atoms with Crippen molar-refractivity contribution in [2.45, 2.75) is 24.9 Å². The Morgan fingerprint density at radius 2 is 2.08 bits per heavy atom. The number of hydrogen-bond donors (Lipinski definition) is 1. The van der Waals surface area contributed by atoms with Crippen LogP contribution in [0.3, 0.4) is 0 Å². The molecule has 25 heavy (non-hydrogen) atoms. The maximum atomic E-state index is 12.2. The van der Waals surface area contributed by atoms with Gasteiger partial charge in [-0.1, -0.05) is 23.0 Å². The predicted molar refractivity (Wildman–Crippen MR) is 93.8 cm³/mol. The maximum absolute atomic E-state index is 12.2. The summed E-state index contributed by atoms with van der Waals surface area (Å²) in [5.74, 6) is 1.09. The SMILES string of the molecule is Cc1nc(-c2cccnc2SCC(=O)N[C@H](C)c2ccccn2)no1. The van der Waals surface area contributed by atoms with E-state index in [1.807, 2.05) is 31.2 Å². The Labute approximate surface area is 149 Å². The second kappa shape index (κ2) is 7.89. The molecule has 0 unspecified atom stereocenters. The Morgan fingerprint density at radius 3 is 2.80 bits per heavy atom. The molecule has 1 atom stereocenters. The van der Waals surface area contributed by atoms with E-state index in [0.717, 1.165) is 11.3 Å². The lowest BCUT2D eigenvalue weighted by Crippen LogP contribution is -2.28. The van der Waals surface area contributed by atoms with Crippen molar-refractivity contribution >= 4 is 17.7 Å². The number of nitrogens with zero attached hydrogens (tertiary/aromatic N) is 4. The molecule has 3 heterocycles. The highest BCUT2D eigenvalue weighted by Crippen LogP contribution is 2.27. The summed E-state index contributed by atoms with van der Waals surface area (Å²) in [5, 5.41) is 7.53. The van der Waals surface area contributed by atoms with Crippen molar-refractivity contribution < 1.29 is 9.32 Å². The van der Waals surface area contributed by atoms with Crippen LogP contribution in [-0.4, -0.2) is 31.8 Å². The summed E-state index contributed by atoms with van der Waals surface area (Å²) in [6.45, 7) is 3.63. The molecule has 3 aromatic rings. The summed E-state index contributed by atoms with van der Waals surface area (Å²) in [5.41, 5.74) is 1.57. The fourth-order valence-corrected chi connectivity index (χ4v) is 3.01. The Bertz CT molecular complexity index is 853. The first-order valence-corrected chi connectivity index (χ1v) is 8.71. The summed E-state index contributed by atoms with van der Waals surface area (Å²) in [6.07, 6.45) is 3.38. The van der Waals surface area contributed by atoms with Gasteiger partial charge < -0.3 is 9.84 Å². The number of thioether (sulfide) groups is 1. The summed E-state index contributed by atoms with van der Waals surface area (Å²) >= 11 is 1.33. The number of hydrogen-bond acceptors (Lipinski definition) is 7. The third-order valence-electron chi connectivity index (χ3n) is 3.39. The summed E-state index contributed by atoms with van der Waals surface area (Å²) < 4.78 is 5.02. The van der Waals surface area contributed by atoms with E-state index in [9.17, 15) is 4.79 Å². The second-order valence-electron chi connectivity index (χ2n) is 5.33. The van der Waals surface area contributed by atoms with Crippen molar-refractivity contribution in [1.29, 1.82) is 0 Å². The van der Waals surface area contributed by atoms with Gasteiger partial charge in [0, 0.05) is 19.3 Å². The zero-order valence-corrected chi connectivity index (χ0v) is 14.7. The predicted octanol–water partition coefficient (Wildman–Crippen LogP) is 2.80. The van der Waals surface area contributed by atoms with Gasteiger partial charge in [0.2, 0.25) is 17.6 Å². The fourth-order valence-electron chi connectivity index (χ4n) is 2.21. The normalized spacial score (nSPS) is 11.9. The van der Waals surface area contributed by atoms with Crippen LogP contribution in [0.1, 0.15) is 24.6 Å². The topological polar surface area (TPSA) is 93.8 Å². The standard InChI is InChI=1S/C17H17N5O2S/c1-11(14-7-3-4-8-18-14)20-15(23)10-25-17-13(6-5-9-19-17)16-21-12(2)24-22-16/h3-9,11H,10H2,1-2H3,(H,20,23)/t11-/m1/s1. The fraction of sp³-hybridized carbons (Fsp3) is 0.235. The molecule has 0 bridgehead atoms. The van der Waals surface area contributed by atoms with Crippen LogP contribution in [0.4, 0.5) is 0 Å². The Morgan fingerprint density at radius 1 is 1.24 bits per heavy atom. The third-order valence-corrected chi connectivity index (χ3v) is 4.39. The largest absolute Gasteiger partial charge is 0.347 e. The quantitative estimate of drug-likeness (QED) is 0.679. The van der Waals surface area contributed by atoms with Crippen LogP contribution < -0.4 is 5.32 Å². The van der Waals surface area contributed by atoms with E-state index in [4.69, 9.17) is 4.52 Å². The first kappa shape index (κ1) is 17.1. The van der Waals surface area contributed by atoms with Crippen molar-refractivity contribution in [2.75, 3.05) is 5.75 Å². The van der Waals surface area contributed by atoms with Crippen molar-refractivity contribution in [3.05, 3.63) is 54.3 Å². The molecular weight excluding hydrogens is 338 g/mol. The van der Waals surface area contributed by atoms with Crippen molar-refractivity contribution in [1.82, 2.24) is 25.4 Å². The number of amides is 1. The molecule has 0 saturated heterocycles. The molecule has 0 radical (unpaired) electrons. The van der Waals surface area contributed by atoms with E-state index in [-0.39, 0.29) is 17.7 Å². The van der Waals surface area contributed by atoms with Gasteiger partial charge in [-0.05, 0) is 31.2 Å². The smallest absolute Gasteiger partial charge is 0.230 e. The monoisotopic (exact) mass is 355 g/mol. The van der Waals surface area contributed by atoms with Gasteiger partial charge in [-0.15, -0.1) is 0 Å². The van der Waals surface area contributed by atoms with Crippen LogP contribution in [0, 0.1) is 6.92 Å². The lowest BCUT2D eigenvalue weighted by molar-refractivity contribution is -0.119. The molecule has 3 aromatic heterocycles. The van der Waals surface area contributed by atoms with Gasteiger partial charge in [0.25, 0.3) is 0 Å². The number of rotatable bonds is 6. The van der Waals surface area contributed by atoms with Crippen LogP contribution in [0.15, 0.2) is 52.3 Å². The van der Waals surface area contributed by atoms with E-state index in [0.29, 0.717) is 16.7 Å². The van der Waals surface area contributed by atoms with Gasteiger partial charge >= 0.3 is 0 Å². The first-order chi connectivity index (χ1) is 12.1. The molecule has 0 aliphatic heterocycles. The molecular formula is C17H17N5O2S. The zero-order valence-electron chi connectivity index (χ0n) is 13.8. The minimum Gasteiger partial charge on any atom is -0.347 e. The van der Waals surface area contributed by atoms with Gasteiger partial charge in [0.05, 0.1) is 23.1 Å². The molecule has 0 aliphatic rings. The van der Waals surface area contributed by atoms with Crippen molar-refractivity contribution in [3.8, 4) is 11.4 Å². The maximum Gasteiger partial charge on any atom is 0.230 e. The molecule has 128 valence electrons. The van der Waals surface area contributed by atoms with Crippen LogP contribution in [0.5, 0.6) is 0 Å². The molecule has 7 nitrogen and oxygen atoms in total. The molecule has 1 amide bonds. The minimum atomic E-state index is -0.155. The first-order valence-electron chi connectivity index (χ1n) is 7.72. The van der Waals surface area contributed by atoms with Gasteiger partial charge in [-0.2, -0.15) is 4.98 Å². The number of carbonyl (C=O) groups excluding carboxylic acids is 1. The van der Waals surface area contributed by atoms with E-state index in [2.05, 4.69) is 25.4 Å². The van der Waals surface area contributed by atoms with E-state index in [1.54, 1.807) is 25.4 Å². The van der Waals surface area contributed by atoms with E-state index >= 15 is 0 Å². The highest BCUT2D eigenvalue weighted by molar-refractivity contribution is 8.00. The highest BCUT2D eigenvalue weighted by Gasteiger charge is 2.15. The molecule has 0 aromatic carbocycles. The summed E-state index contributed by atoms with van der Waals surface area (Å²) in [7, 11) is 0. The molecule has 0 saturated carbocycles. The molecule has 0 spiro atoms. The van der Waals surface area contributed by atoms with Crippen LogP contribution >= 0.6 is 11.8 Å². The average molecular weight is 355 g/mol. The average Bonchev–Trinajstić information content (AvgIpc) is 3.07. The number of carbonyl (C=O) groups is 1. The van der Waals surface area contributed by atoms with Crippen molar-refractivity contribution in [3.63, 3.8) is 0 Å². The lowest BCUT2D eigenvalue weighted by Gasteiger charge is -2.13. The Balaban J connectivity index is 1.63. The third kappa shape index (κ3) is 4.42. The van der Waals surface area contributed by atoms with E-state index in [1.165, 1.54) is 11.8 Å². The number of aromatic nitrogens is 4. The molecule has 0 fully saturated rings. The van der Waals surface area contributed by atoms with Crippen LogP contribution in [0.25, 0.3) is 11.4 Å². The minimum absolute atomic E-state index is 0.0935. The Hall–Kier alpha value is -2.74. The summed E-state index contributed by atoms with van der Waals surface area (Å²) in [4.78, 5) is 25.0. The van der Waals surface area contributed by atoms with Crippen molar-refractivity contribution in [2.24, 2.45) is 0 Å². The second-order valence-corrected chi connectivity index (χ2v) is 6.29. The molecule has 3 rings (SSSR count). The van der Waals surface area contributed by atoms with Crippen LogP contribution in [-0.2, 0) is 4.79 Å². The molecule has 0 aliphatic carbocycles. The molecule has 8 heteroatoms. The highest BCUT2D eigenvalue weighted by atomic mass is 32.2. The molecule has 1 N–H and O–H groups in total. The van der Waals surface area contributed by atoms with Crippen LogP contribution in [0.2, 0.25) is 0 Å². The van der Waals surface area contributed by atoms with Gasteiger partial charge in [0.15, 0.2) is 0 Å². The van der Waals surface area contributed by atoms with Gasteiger partial charge in [-0.3, -0.25) is 9.78 Å².